The van der Waals surface area contributed by atoms with Crippen LogP contribution < -0.4 is 11.1 Å². The molecule has 0 radical (unpaired) electrons. The molecule has 0 spiro atoms. The molecule has 0 aliphatic rings. The lowest BCUT2D eigenvalue weighted by molar-refractivity contribution is 0.0953. The molecule has 0 aromatic carbocycles. The maximum absolute atomic E-state index is 12.0. The van der Waals surface area contributed by atoms with E-state index in [-0.39, 0.29) is 12.5 Å². The van der Waals surface area contributed by atoms with Crippen LogP contribution in [0.1, 0.15) is 21.5 Å². The Bertz CT molecular complexity index is 681. The Labute approximate surface area is 123 Å². The molecule has 6 heteroatoms. The van der Waals surface area contributed by atoms with Gasteiger partial charge in [-0.2, -0.15) is 5.10 Å². The lowest BCUT2D eigenvalue weighted by atomic mass is 10.2. The van der Waals surface area contributed by atoms with Crippen molar-refractivity contribution in [3.63, 3.8) is 0 Å². The third-order valence-corrected chi connectivity index (χ3v) is 2.79. The van der Waals surface area contributed by atoms with Crippen LogP contribution in [0.2, 0.25) is 0 Å². The largest absolute Gasteiger partial charge is 0.352 e. The van der Waals surface area contributed by atoms with Crippen molar-refractivity contribution in [1.82, 2.24) is 20.1 Å². The zero-order valence-electron chi connectivity index (χ0n) is 11.8. The van der Waals surface area contributed by atoms with Gasteiger partial charge in [-0.25, -0.2) is 0 Å². The number of hydrogen-bond donors (Lipinski definition) is 2. The molecule has 0 atom stereocenters. The summed E-state index contributed by atoms with van der Waals surface area (Å²) < 4.78 is 1.74. The van der Waals surface area contributed by atoms with Gasteiger partial charge in [0.05, 0.1) is 18.3 Å². The van der Waals surface area contributed by atoms with Crippen molar-refractivity contribution in [2.75, 3.05) is 13.1 Å². The Morgan fingerprint density at radius 3 is 3.00 bits per heavy atom. The third-order valence-electron chi connectivity index (χ3n) is 2.79. The number of hydrogen-bond acceptors (Lipinski definition) is 4. The number of amides is 1. The van der Waals surface area contributed by atoms with Crippen LogP contribution in [-0.4, -0.2) is 33.8 Å². The second-order valence-corrected chi connectivity index (χ2v) is 4.50. The first kappa shape index (κ1) is 14.8. The smallest absolute Gasteiger partial charge is 0.252 e. The Balaban J connectivity index is 1.91. The second-order valence-electron chi connectivity index (χ2n) is 4.50. The summed E-state index contributed by atoms with van der Waals surface area (Å²) in [5.41, 5.74) is 7.57. The average Bonchev–Trinajstić information content (AvgIpc) is 2.91. The minimum Gasteiger partial charge on any atom is -0.352 e. The molecule has 0 fully saturated rings. The Morgan fingerprint density at radius 2 is 2.29 bits per heavy atom. The molecular formula is C15H17N5O. The summed E-state index contributed by atoms with van der Waals surface area (Å²) in [6, 6.07) is 1.70. The van der Waals surface area contributed by atoms with Crippen LogP contribution in [0, 0.1) is 11.8 Å². The zero-order valence-corrected chi connectivity index (χ0v) is 11.8. The van der Waals surface area contributed by atoms with Gasteiger partial charge in [-0.05, 0) is 18.1 Å². The lowest BCUT2D eigenvalue weighted by Crippen LogP contribution is -2.25. The highest BCUT2D eigenvalue weighted by atomic mass is 16.1. The summed E-state index contributed by atoms with van der Waals surface area (Å²) >= 11 is 0. The maximum atomic E-state index is 12.0. The van der Waals surface area contributed by atoms with Crippen LogP contribution in [0.3, 0.4) is 0 Å². The molecule has 2 heterocycles. The number of carbonyl (C=O) groups is 1. The number of pyridine rings is 1. The minimum atomic E-state index is -0.164. The number of nitrogens with zero attached hydrogens (tertiary/aromatic N) is 3. The molecule has 2 rings (SSSR count). The van der Waals surface area contributed by atoms with Gasteiger partial charge < -0.3 is 11.1 Å². The van der Waals surface area contributed by atoms with E-state index in [4.69, 9.17) is 5.73 Å². The van der Waals surface area contributed by atoms with E-state index in [0.717, 1.165) is 12.0 Å². The molecule has 0 saturated heterocycles. The summed E-state index contributed by atoms with van der Waals surface area (Å²) in [5.74, 6) is 5.43. The van der Waals surface area contributed by atoms with Crippen molar-refractivity contribution in [2.24, 2.45) is 12.8 Å². The first-order valence-electron chi connectivity index (χ1n) is 6.59. The summed E-state index contributed by atoms with van der Waals surface area (Å²) in [7, 11) is 1.86. The van der Waals surface area contributed by atoms with E-state index in [2.05, 4.69) is 27.2 Å². The van der Waals surface area contributed by atoms with Crippen LogP contribution >= 0.6 is 0 Å². The Hall–Kier alpha value is -2.65. The van der Waals surface area contributed by atoms with Crippen molar-refractivity contribution >= 4 is 5.91 Å². The zero-order chi connectivity index (χ0) is 15.1. The minimum absolute atomic E-state index is 0.164. The van der Waals surface area contributed by atoms with Crippen molar-refractivity contribution in [1.29, 1.82) is 0 Å². The molecule has 3 N–H and O–H groups in total. The van der Waals surface area contributed by atoms with E-state index >= 15 is 0 Å². The molecular weight excluding hydrogens is 266 g/mol. The number of nitrogens with two attached hydrogens (primary N) is 1. The van der Waals surface area contributed by atoms with E-state index < -0.39 is 0 Å². The molecule has 108 valence electrons. The lowest BCUT2D eigenvalue weighted by Gasteiger charge is -2.04. The van der Waals surface area contributed by atoms with Gasteiger partial charge >= 0.3 is 0 Å². The first-order chi connectivity index (χ1) is 10.2. The highest BCUT2D eigenvalue weighted by molar-refractivity contribution is 5.94. The van der Waals surface area contributed by atoms with Crippen molar-refractivity contribution in [3.8, 4) is 11.8 Å². The number of rotatable bonds is 4. The third kappa shape index (κ3) is 4.44. The van der Waals surface area contributed by atoms with E-state index in [9.17, 15) is 4.79 Å². The fourth-order valence-corrected chi connectivity index (χ4v) is 1.81. The molecule has 21 heavy (non-hydrogen) atoms. The molecule has 1 amide bonds. The summed E-state index contributed by atoms with van der Waals surface area (Å²) in [4.78, 5) is 16.0. The van der Waals surface area contributed by atoms with Crippen LogP contribution in [0.15, 0.2) is 30.9 Å². The van der Waals surface area contributed by atoms with E-state index in [1.54, 1.807) is 23.1 Å². The fourth-order valence-electron chi connectivity index (χ4n) is 1.81. The quantitative estimate of drug-likeness (QED) is 0.779. The molecule has 2 aromatic heterocycles. The van der Waals surface area contributed by atoms with Gasteiger partial charge in [-0.1, -0.05) is 11.8 Å². The SMILES string of the molecule is Cn1cc(CCNC(=O)c2cncc(C#CCN)c2)cn1. The Morgan fingerprint density at radius 1 is 1.43 bits per heavy atom. The van der Waals surface area contributed by atoms with E-state index in [1.807, 2.05) is 13.2 Å². The molecule has 0 aliphatic carbocycles. The highest BCUT2D eigenvalue weighted by Gasteiger charge is 2.06. The number of aromatic nitrogens is 3. The Kier molecular flexibility index (Phi) is 5.07. The maximum Gasteiger partial charge on any atom is 0.252 e. The average molecular weight is 283 g/mol. The van der Waals surface area contributed by atoms with E-state index in [0.29, 0.717) is 17.7 Å². The van der Waals surface area contributed by atoms with Crippen LogP contribution in [0.25, 0.3) is 0 Å². The summed E-state index contributed by atoms with van der Waals surface area (Å²) in [6.45, 7) is 0.824. The molecule has 0 aliphatic heterocycles. The van der Waals surface area contributed by atoms with Crippen molar-refractivity contribution in [3.05, 3.63) is 47.5 Å². The molecule has 0 unspecified atom stereocenters. The van der Waals surface area contributed by atoms with Crippen LogP contribution in [0.5, 0.6) is 0 Å². The number of carbonyl (C=O) groups excluding carboxylic acids is 1. The summed E-state index contributed by atoms with van der Waals surface area (Å²) in [6.07, 6.45) is 7.58. The monoisotopic (exact) mass is 283 g/mol. The standard InChI is InChI=1S/C15H17N5O/c1-20-11-13(9-19-20)4-6-18-15(21)14-7-12(3-2-5-16)8-17-10-14/h7-11H,4-6,16H2,1H3,(H,18,21). The predicted molar refractivity (Wildman–Crippen MR) is 79.4 cm³/mol. The van der Waals surface area contributed by atoms with Crippen molar-refractivity contribution < 1.29 is 4.79 Å². The second kappa shape index (κ2) is 7.22. The fraction of sp³-hybridized carbons (Fsp3) is 0.267. The van der Waals surface area contributed by atoms with Gasteiger partial charge in [0, 0.05) is 37.7 Å². The van der Waals surface area contributed by atoms with Gasteiger partial charge in [0.15, 0.2) is 0 Å². The van der Waals surface area contributed by atoms with Gasteiger partial charge in [-0.3, -0.25) is 14.5 Å². The van der Waals surface area contributed by atoms with Gasteiger partial charge in [-0.15, -0.1) is 0 Å². The van der Waals surface area contributed by atoms with Crippen LogP contribution in [-0.2, 0) is 13.5 Å². The van der Waals surface area contributed by atoms with Gasteiger partial charge in [0.25, 0.3) is 5.91 Å². The number of nitrogens with one attached hydrogen (secondary N) is 1. The summed E-state index contributed by atoms with van der Waals surface area (Å²) in [5, 5.41) is 6.93. The number of aryl methyl sites for hydroxylation is 1. The molecule has 0 saturated carbocycles. The first-order valence-corrected chi connectivity index (χ1v) is 6.59. The molecule has 2 aromatic rings. The molecule has 0 bridgehead atoms. The van der Waals surface area contributed by atoms with Gasteiger partial charge in [0.2, 0.25) is 0 Å². The normalized spacial score (nSPS) is 9.81. The predicted octanol–water partition coefficient (Wildman–Crippen LogP) is 0.0978. The topological polar surface area (TPSA) is 85.8 Å². The van der Waals surface area contributed by atoms with E-state index in [1.165, 1.54) is 6.20 Å². The van der Waals surface area contributed by atoms with Gasteiger partial charge in [0.1, 0.15) is 0 Å². The molecule has 6 nitrogen and oxygen atoms in total. The highest BCUT2D eigenvalue weighted by Crippen LogP contribution is 2.02. The van der Waals surface area contributed by atoms with Crippen molar-refractivity contribution in [2.45, 2.75) is 6.42 Å². The van der Waals surface area contributed by atoms with Crippen LogP contribution in [0.4, 0.5) is 0 Å².